The van der Waals surface area contributed by atoms with Gasteiger partial charge in [0.2, 0.25) is 0 Å². The Morgan fingerprint density at radius 1 is 0.255 bits per heavy atom. The van der Waals surface area contributed by atoms with E-state index in [9.17, 15) is 5.53 Å². The fourth-order valence-corrected chi connectivity index (χ4v) is 17.5. The van der Waals surface area contributed by atoms with Crippen molar-refractivity contribution in [2.24, 2.45) is 0 Å². The zero-order valence-electron chi connectivity index (χ0n) is 73.1. The predicted octanol–water partition coefficient (Wildman–Crippen LogP) is 37.5. The van der Waals surface area contributed by atoms with Gasteiger partial charge in [0.25, 0.3) is 0 Å². The minimum Gasteiger partial charge on any atom is -0.348 e. The molecule has 0 unspecified atom stereocenters. The summed E-state index contributed by atoms with van der Waals surface area (Å²) in [6.07, 6.45) is 111. The molecule has 2 aromatic carbocycles. The molecule has 0 amide bonds. The second-order valence-electron chi connectivity index (χ2n) is 33.8. The average Bonchev–Trinajstić information content (AvgIpc) is 0.800. The molecule has 0 saturated heterocycles. The number of nitrogens with zero attached hydrogens (tertiary/aromatic N) is 2. The molecule has 620 valence electrons. The average molecular weight is 1510 g/mol. The van der Waals surface area contributed by atoms with Crippen LogP contribution in [0, 0.1) is 0 Å². The number of allylic oxidation sites excluding steroid dienone is 2. The van der Waals surface area contributed by atoms with Crippen LogP contribution in [-0.4, -0.2) is 10.7 Å². The Labute approximate surface area is 673 Å². The van der Waals surface area contributed by atoms with Crippen LogP contribution in [0.4, 0.5) is 0 Å². The number of hydrogen-bond donors (Lipinski definition) is 0. The summed E-state index contributed by atoms with van der Waals surface area (Å²) in [6.45, 7) is 13.8. The molecule has 0 aliphatic carbocycles. The van der Waals surface area contributed by atoms with Crippen molar-refractivity contribution in [3.05, 3.63) is 87.5 Å². The molecule has 0 atom stereocenters. The van der Waals surface area contributed by atoms with Crippen molar-refractivity contribution in [1.29, 1.82) is 0 Å². The van der Waals surface area contributed by atoms with Crippen LogP contribution in [0.1, 0.15) is 558 Å². The van der Waals surface area contributed by atoms with Gasteiger partial charge >= 0.3 is 172 Å². The third kappa shape index (κ3) is 69.8. The first-order valence-corrected chi connectivity index (χ1v) is 50.3. The second-order valence-corrected chi connectivity index (χ2v) is 35.3. The predicted molar refractivity (Wildman–Crippen MR) is 478 cm³/mol. The van der Waals surface area contributed by atoms with Crippen LogP contribution in [0.5, 0.6) is 0 Å². The first-order valence-electron chi connectivity index (χ1n) is 48.9. The molecule has 2 nitrogen and oxygen atoms in total. The third-order valence-corrected chi connectivity index (χ3v) is 24.8. The van der Waals surface area contributed by atoms with Crippen LogP contribution >= 0.6 is 0 Å². The van der Waals surface area contributed by atoms with Gasteiger partial charge in [0.15, 0.2) is 0 Å². The summed E-state index contributed by atoms with van der Waals surface area (Å²) in [5, 5.41) is 2.87. The molecule has 0 aliphatic heterocycles. The molecule has 0 aliphatic rings. The van der Waals surface area contributed by atoms with E-state index in [4.69, 9.17) is 0 Å². The van der Waals surface area contributed by atoms with E-state index in [0.717, 1.165) is 44.1 Å². The van der Waals surface area contributed by atoms with Crippen molar-refractivity contribution in [2.45, 2.75) is 560 Å². The van der Waals surface area contributed by atoms with E-state index < -0.39 is 0 Å². The second kappa shape index (κ2) is 86.8. The molecule has 0 fully saturated rings. The monoisotopic (exact) mass is 1510 g/mol. The van der Waals surface area contributed by atoms with Gasteiger partial charge in [-0.1, -0.05) is 405 Å². The molecule has 0 aromatic heterocycles. The molecule has 0 radical (unpaired) electrons. The molecule has 3 heteroatoms. The molecule has 0 spiro atoms. The Kier molecular flexibility index (Phi) is 83.4. The molecule has 106 heavy (non-hydrogen) atoms. The topological polar surface area (TPSA) is 36.4 Å². The van der Waals surface area contributed by atoms with Crippen LogP contribution < -0.4 is 0 Å². The Bertz CT molecular complexity index is 2130. The van der Waals surface area contributed by atoms with Crippen molar-refractivity contribution in [2.75, 3.05) is 0 Å². The first-order chi connectivity index (χ1) is 52.6. The van der Waals surface area contributed by atoms with Crippen LogP contribution in [0.3, 0.4) is 0 Å². The molecule has 0 bridgehead atoms. The smallest absolute Gasteiger partial charge is 0.348 e. The van der Waals surface area contributed by atoms with Gasteiger partial charge in [0.05, 0.1) is 5.57 Å². The molecular formula is C103H188N2Ni. The summed E-state index contributed by atoms with van der Waals surface area (Å²) in [5.74, 6) is 3.12. The fourth-order valence-electron chi connectivity index (χ4n) is 16.3. The van der Waals surface area contributed by atoms with Crippen LogP contribution in [0.25, 0.3) is 11.1 Å². The van der Waals surface area contributed by atoms with Gasteiger partial charge in [-0.05, 0) is 84.8 Å². The van der Waals surface area contributed by atoms with Crippen molar-refractivity contribution >= 4 is 11.4 Å². The first kappa shape index (κ1) is 102. The Morgan fingerprint density at radius 2 is 0.462 bits per heavy atom. The van der Waals surface area contributed by atoms with Gasteiger partial charge in [-0.2, -0.15) is 0 Å². The normalized spacial score (nSPS) is 11.7. The summed E-state index contributed by atoms with van der Waals surface area (Å²) in [7, 11) is 0. The fraction of sp³-hybridized carbons (Fsp3) is 0.845. The van der Waals surface area contributed by atoms with Gasteiger partial charge in [-0.15, -0.1) is 4.79 Å². The summed E-state index contributed by atoms with van der Waals surface area (Å²) in [6, 6.07) is 18.8. The van der Waals surface area contributed by atoms with E-state index in [-0.39, 0.29) is 0 Å². The van der Waals surface area contributed by atoms with Crippen molar-refractivity contribution in [3.63, 3.8) is 0 Å². The maximum absolute atomic E-state index is 9.90. The van der Waals surface area contributed by atoms with Gasteiger partial charge in [-0.3, -0.25) is 0 Å². The molecular weight excluding hydrogens is 1320 g/mol. The van der Waals surface area contributed by atoms with E-state index in [1.54, 1.807) is 0 Å². The minimum absolute atomic E-state index is 0.905. The maximum atomic E-state index is 9.90. The summed E-state index contributed by atoms with van der Waals surface area (Å²) >= 11 is 2.05. The van der Waals surface area contributed by atoms with Crippen LogP contribution in [0.2, 0.25) is 10.8 Å². The van der Waals surface area contributed by atoms with E-state index in [2.05, 4.69) is 115 Å². The number of aryl methyl sites for hydroxylation is 2. The number of rotatable bonds is 84. The van der Waals surface area contributed by atoms with Crippen LogP contribution in [-0.2, 0) is 27.3 Å². The SMILES string of the molecule is CCCCCCCCCCCCCCCCCCCCCCC[CH2][Ni][CH2]CCCCCCCCCCCCCCCCCCCCCCC.CCCCCCCCCCCCCCCCCCCCCc1cccc(C(=C(CCCCCCCC)C(=C=[N+]=[N-])CCCCC)c2cccc(CCCCC)c2)c1. The van der Waals surface area contributed by atoms with Gasteiger partial charge in [0, 0.05) is 0 Å². The van der Waals surface area contributed by atoms with Crippen molar-refractivity contribution in [1.82, 2.24) is 0 Å². The quantitative estimate of drug-likeness (QED) is 0.0158. The standard InChI is InChI=1S/C55H90N2.2C24H49.Ni/c1-5-9-13-15-17-18-19-20-21-22-23-24-25-26-27-28-29-30-34-39-50-41-37-44-52(47-50)55(51-43-36-40-49(46-51)38-32-11-7-3)54(45-35-31-16-14-10-6-2)53(48-57-56)42-33-12-8-4;2*1-3-5-7-9-11-13-15-17-19-21-23-24-22-20-18-16-14-12-10-8-6-4-2;/h36-37,40-41,43-44,46-47H,5-35,38-39,42,45H2,1-4H3;2*1,3-24H2,2H3;. The summed E-state index contributed by atoms with van der Waals surface area (Å²) < 4.78 is 0. The molecule has 0 saturated carbocycles. The zero-order valence-corrected chi connectivity index (χ0v) is 74.1. The third-order valence-electron chi connectivity index (χ3n) is 23.4. The molecule has 2 aromatic rings. The Balaban J connectivity index is 0.00000107. The van der Waals surface area contributed by atoms with E-state index in [1.165, 1.54) is 513 Å². The van der Waals surface area contributed by atoms with Gasteiger partial charge < -0.3 is 5.53 Å². The number of hydrogen-bond acceptors (Lipinski definition) is 0. The summed E-state index contributed by atoms with van der Waals surface area (Å²) in [4.78, 5) is 3.55. The zero-order chi connectivity index (χ0) is 76.1. The Hall–Kier alpha value is -2.17. The Morgan fingerprint density at radius 3 is 0.726 bits per heavy atom. The molecule has 0 heterocycles. The van der Waals surface area contributed by atoms with Crippen molar-refractivity contribution in [3.8, 4) is 0 Å². The molecule has 0 N–H and O–H groups in total. The van der Waals surface area contributed by atoms with E-state index in [0.29, 0.717) is 0 Å². The van der Waals surface area contributed by atoms with Gasteiger partial charge in [0.1, 0.15) is 0 Å². The number of unbranched alkanes of at least 4 members (excludes halogenated alkanes) is 69. The van der Waals surface area contributed by atoms with Crippen LogP contribution in [0.15, 0.2) is 59.7 Å². The van der Waals surface area contributed by atoms with Gasteiger partial charge in [-0.25, -0.2) is 0 Å². The minimum atomic E-state index is 0.905. The summed E-state index contributed by atoms with van der Waals surface area (Å²) in [5.41, 5.74) is 19.1. The van der Waals surface area contributed by atoms with E-state index >= 15 is 0 Å². The molecule has 2 rings (SSSR count). The van der Waals surface area contributed by atoms with Crippen molar-refractivity contribution < 1.29 is 19.2 Å². The number of benzene rings is 2. The van der Waals surface area contributed by atoms with E-state index in [1.807, 2.05) is 0 Å².